The van der Waals surface area contributed by atoms with Gasteiger partial charge < -0.3 is 24.3 Å². The molecule has 9 heteroatoms. The van der Waals surface area contributed by atoms with Gasteiger partial charge in [-0.25, -0.2) is 9.98 Å². The summed E-state index contributed by atoms with van der Waals surface area (Å²) in [4.78, 5) is 25.7. The number of piperazine rings is 1. The fourth-order valence-electron chi connectivity index (χ4n) is 4.02. The summed E-state index contributed by atoms with van der Waals surface area (Å²) in [5.74, 6) is 1.89. The summed E-state index contributed by atoms with van der Waals surface area (Å²) in [6.45, 7) is 6.12. The molecule has 1 amide bonds. The van der Waals surface area contributed by atoms with Crippen molar-refractivity contribution in [3.63, 3.8) is 0 Å². The molecule has 1 aliphatic heterocycles. The highest BCUT2D eigenvalue weighted by Crippen LogP contribution is 2.23. The zero-order chi connectivity index (χ0) is 21.5. The van der Waals surface area contributed by atoms with Crippen molar-refractivity contribution in [2.75, 3.05) is 32.7 Å². The second-order valence-electron chi connectivity index (χ2n) is 7.96. The minimum Gasteiger partial charge on any atom is -0.474 e. The van der Waals surface area contributed by atoms with Crippen LogP contribution in [0.4, 0.5) is 0 Å². The number of ether oxygens (including phenoxy) is 1. The van der Waals surface area contributed by atoms with Crippen LogP contribution in [0.15, 0.2) is 46.1 Å². The fourth-order valence-corrected chi connectivity index (χ4v) is 4.02. The van der Waals surface area contributed by atoms with Gasteiger partial charge >= 0.3 is 0 Å². The van der Waals surface area contributed by atoms with Crippen molar-refractivity contribution < 1.29 is 13.9 Å². The Morgan fingerprint density at radius 2 is 1.94 bits per heavy atom. The molecule has 2 aromatic heterocycles. The van der Waals surface area contributed by atoms with E-state index in [1.165, 1.54) is 19.1 Å². The Balaban J connectivity index is 0.00000289. The number of hydrogen-bond acceptors (Lipinski definition) is 5. The number of amides is 1. The van der Waals surface area contributed by atoms with E-state index in [0.717, 1.165) is 44.0 Å². The first-order chi connectivity index (χ1) is 15.2. The van der Waals surface area contributed by atoms with E-state index in [1.807, 2.05) is 23.2 Å². The van der Waals surface area contributed by atoms with Crippen molar-refractivity contribution in [2.45, 2.75) is 45.3 Å². The molecule has 1 saturated heterocycles. The summed E-state index contributed by atoms with van der Waals surface area (Å²) in [6.07, 6.45) is 8.43. The lowest BCUT2D eigenvalue weighted by molar-refractivity contribution is 0.0657. The van der Waals surface area contributed by atoms with Crippen LogP contribution in [0.1, 0.15) is 48.7 Å². The molecule has 1 aliphatic carbocycles. The topological polar surface area (TPSA) is 83.2 Å². The summed E-state index contributed by atoms with van der Waals surface area (Å²) in [6, 6.07) is 7.42. The monoisotopic (exact) mass is 553 g/mol. The predicted molar refractivity (Wildman–Crippen MR) is 134 cm³/mol. The Hall–Kier alpha value is -2.30. The largest absolute Gasteiger partial charge is 0.474 e. The molecule has 32 heavy (non-hydrogen) atoms. The standard InChI is InChI=1S/C23H31N5O3.HI/c1-2-24-23(28-13-11-27(12-14-28)22(29)20-8-5-15-30-20)26-17-18-9-10-21(25-16-18)31-19-6-3-4-7-19;/h5,8-10,15-16,19H,2-4,6-7,11-14,17H2,1H3,(H,24,26);1H. The quantitative estimate of drug-likeness (QED) is 0.335. The molecule has 1 saturated carbocycles. The zero-order valence-corrected chi connectivity index (χ0v) is 20.9. The van der Waals surface area contributed by atoms with Gasteiger partial charge in [-0.2, -0.15) is 0 Å². The lowest BCUT2D eigenvalue weighted by Crippen LogP contribution is -2.53. The maximum absolute atomic E-state index is 12.5. The average Bonchev–Trinajstić information content (AvgIpc) is 3.52. The third-order valence-corrected chi connectivity index (χ3v) is 5.73. The molecular weight excluding hydrogens is 521 g/mol. The summed E-state index contributed by atoms with van der Waals surface area (Å²) in [5.41, 5.74) is 1.04. The summed E-state index contributed by atoms with van der Waals surface area (Å²) >= 11 is 0. The predicted octanol–water partition coefficient (Wildman–Crippen LogP) is 3.54. The van der Waals surface area contributed by atoms with E-state index in [9.17, 15) is 4.79 Å². The number of carbonyl (C=O) groups is 1. The molecule has 2 aliphatic rings. The van der Waals surface area contributed by atoms with Crippen molar-refractivity contribution in [3.8, 4) is 5.88 Å². The van der Waals surface area contributed by atoms with Gasteiger partial charge in [-0.1, -0.05) is 6.07 Å². The lowest BCUT2D eigenvalue weighted by Gasteiger charge is -2.36. The highest BCUT2D eigenvalue weighted by molar-refractivity contribution is 14.0. The highest BCUT2D eigenvalue weighted by Gasteiger charge is 2.25. The van der Waals surface area contributed by atoms with Crippen molar-refractivity contribution in [2.24, 2.45) is 4.99 Å². The van der Waals surface area contributed by atoms with Crippen LogP contribution in [-0.2, 0) is 6.54 Å². The molecule has 174 valence electrons. The molecule has 0 spiro atoms. The Bertz CT molecular complexity index is 858. The van der Waals surface area contributed by atoms with E-state index in [0.29, 0.717) is 37.4 Å². The fraction of sp³-hybridized carbons (Fsp3) is 0.522. The van der Waals surface area contributed by atoms with Crippen molar-refractivity contribution in [3.05, 3.63) is 48.0 Å². The third-order valence-electron chi connectivity index (χ3n) is 5.73. The maximum atomic E-state index is 12.5. The number of pyridine rings is 1. The van der Waals surface area contributed by atoms with Crippen molar-refractivity contribution >= 4 is 35.8 Å². The Morgan fingerprint density at radius 3 is 2.56 bits per heavy atom. The van der Waals surface area contributed by atoms with E-state index in [-0.39, 0.29) is 29.9 Å². The van der Waals surface area contributed by atoms with Crippen LogP contribution in [0, 0.1) is 0 Å². The first-order valence-corrected chi connectivity index (χ1v) is 11.2. The Morgan fingerprint density at radius 1 is 1.19 bits per heavy atom. The van der Waals surface area contributed by atoms with Crippen LogP contribution in [0.2, 0.25) is 0 Å². The third kappa shape index (κ3) is 6.36. The van der Waals surface area contributed by atoms with Crippen LogP contribution in [0.25, 0.3) is 0 Å². The molecule has 3 heterocycles. The summed E-state index contributed by atoms with van der Waals surface area (Å²) < 4.78 is 11.2. The van der Waals surface area contributed by atoms with Gasteiger partial charge in [0.15, 0.2) is 11.7 Å². The van der Waals surface area contributed by atoms with Crippen LogP contribution in [0.5, 0.6) is 5.88 Å². The Labute approximate surface area is 206 Å². The minimum absolute atomic E-state index is 0. The van der Waals surface area contributed by atoms with Gasteiger partial charge in [-0.15, -0.1) is 24.0 Å². The molecule has 2 aromatic rings. The number of carbonyl (C=O) groups excluding carboxylic acids is 1. The zero-order valence-electron chi connectivity index (χ0n) is 18.5. The number of hydrogen-bond donors (Lipinski definition) is 1. The highest BCUT2D eigenvalue weighted by atomic mass is 127. The van der Waals surface area contributed by atoms with E-state index in [2.05, 4.69) is 22.1 Å². The summed E-state index contributed by atoms with van der Waals surface area (Å²) in [5, 5.41) is 3.36. The van der Waals surface area contributed by atoms with Gasteiger partial charge in [0.2, 0.25) is 5.88 Å². The SMILES string of the molecule is CCNC(=NCc1ccc(OC2CCCC2)nc1)N1CCN(C(=O)c2ccco2)CC1.I. The number of furan rings is 1. The van der Waals surface area contributed by atoms with Gasteiger partial charge in [-0.3, -0.25) is 4.79 Å². The lowest BCUT2D eigenvalue weighted by atomic mass is 10.2. The van der Waals surface area contributed by atoms with Gasteiger partial charge in [0, 0.05) is 45.0 Å². The first-order valence-electron chi connectivity index (χ1n) is 11.2. The number of aromatic nitrogens is 1. The molecule has 0 radical (unpaired) electrons. The van der Waals surface area contributed by atoms with Crippen LogP contribution >= 0.6 is 24.0 Å². The molecular formula is C23H32IN5O3. The molecule has 8 nitrogen and oxygen atoms in total. The number of halogens is 1. The van der Waals surface area contributed by atoms with Gasteiger partial charge in [0.1, 0.15) is 6.10 Å². The average molecular weight is 553 g/mol. The van der Waals surface area contributed by atoms with Gasteiger partial charge in [0.25, 0.3) is 5.91 Å². The van der Waals surface area contributed by atoms with E-state index in [1.54, 1.807) is 12.1 Å². The van der Waals surface area contributed by atoms with Gasteiger partial charge in [-0.05, 0) is 50.3 Å². The van der Waals surface area contributed by atoms with E-state index < -0.39 is 0 Å². The molecule has 1 N–H and O–H groups in total. The summed E-state index contributed by atoms with van der Waals surface area (Å²) in [7, 11) is 0. The number of aliphatic imine (C=N–C) groups is 1. The van der Waals surface area contributed by atoms with Crippen molar-refractivity contribution in [1.29, 1.82) is 0 Å². The smallest absolute Gasteiger partial charge is 0.289 e. The second-order valence-corrected chi connectivity index (χ2v) is 7.96. The first kappa shape index (κ1) is 24.3. The van der Waals surface area contributed by atoms with E-state index in [4.69, 9.17) is 14.1 Å². The second kappa shape index (κ2) is 12.1. The Kier molecular flexibility index (Phi) is 9.19. The number of rotatable bonds is 6. The molecule has 2 fully saturated rings. The molecule has 0 atom stereocenters. The minimum atomic E-state index is -0.0578. The van der Waals surface area contributed by atoms with Crippen molar-refractivity contribution in [1.82, 2.24) is 20.1 Å². The molecule has 4 rings (SSSR count). The normalized spacial score (nSPS) is 17.2. The van der Waals surface area contributed by atoms with E-state index >= 15 is 0 Å². The van der Waals surface area contributed by atoms with Crippen LogP contribution in [-0.4, -0.2) is 65.5 Å². The van der Waals surface area contributed by atoms with Crippen LogP contribution in [0.3, 0.4) is 0 Å². The number of nitrogens with zero attached hydrogens (tertiary/aromatic N) is 4. The van der Waals surface area contributed by atoms with Gasteiger partial charge in [0.05, 0.1) is 12.8 Å². The molecule has 0 aromatic carbocycles. The molecule has 0 bridgehead atoms. The number of nitrogens with one attached hydrogen (secondary N) is 1. The molecule has 0 unspecified atom stereocenters. The van der Waals surface area contributed by atoms with Crippen LogP contribution < -0.4 is 10.1 Å². The number of guanidine groups is 1. The maximum Gasteiger partial charge on any atom is 0.289 e.